The van der Waals surface area contributed by atoms with E-state index in [9.17, 15) is 25.1 Å². The number of anilines is 1. The molecule has 2 N–H and O–H groups in total. The Bertz CT molecular complexity index is 488. The predicted molar refractivity (Wildman–Crippen MR) is 57.7 cm³/mol. The van der Waals surface area contributed by atoms with Gasteiger partial charge in [-0.1, -0.05) is 0 Å². The maximum absolute atomic E-state index is 11.5. The Balaban J connectivity index is 2.41. The molecule has 7 heteroatoms. The minimum Gasteiger partial charge on any atom is -0.506 e. The summed E-state index contributed by atoms with van der Waals surface area (Å²) in [5.74, 6) is -0.591. The number of carbonyl (C=O) groups is 1. The van der Waals surface area contributed by atoms with E-state index in [0.29, 0.717) is 0 Å². The van der Waals surface area contributed by atoms with E-state index in [1.54, 1.807) is 0 Å². The number of aliphatic hydroxyl groups is 1. The molecule has 2 rings (SSSR count). The predicted octanol–water partition coefficient (Wildman–Crippen LogP) is 0.398. The van der Waals surface area contributed by atoms with Crippen LogP contribution >= 0.6 is 0 Å². The number of hydrogen-bond acceptors (Lipinski definition) is 5. The highest BCUT2D eigenvalue weighted by molar-refractivity contribution is 5.97. The van der Waals surface area contributed by atoms with Crippen LogP contribution in [0.1, 0.15) is 6.42 Å². The number of carbonyl (C=O) groups excluding carboxylic acids is 1. The van der Waals surface area contributed by atoms with Crippen LogP contribution in [0.4, 0.5) is 11.4 Å². The number of phenols is 1. The van der Waals surface area contributed by atoms with Gasteiger partial charge < -0.3 is 15.1 Å². The van der Waals surface area contributed by atoms with Crippen molar-refractivity contribution < 1.29 is 19.9 Å². The Morgan fingerprint density at radius 1 is 1.47 bits per heavy atom. The Kier molecular flexibility index (Phi) is 2.68. The topological polar surface area (TPSA) is 104 Å². The van der Waals surface area contributed by atoms with Crippen molar-refractivity contribution in [3.05, 3.63) is 28.3 Å². The van der Waals surface area contributed by atoms with Crippen LogP contribution in [0.2, 0.25) is 0 Å². The highest BCUT2D eigenvalue weighted by Crippen LogP contribution is 2.33. The minimum absolute atomic E-state index is 0.0353. The van der Waals surface area contributed by atoms with Gasteiger partial charge in [-0.25, -0.2) is 0 Å². The summed E-state index contributed by atoms with van der Waals surface area (Å²) < 4.78 is 0. The van der Waals surface area contributed by atoms with E-state index >= 15 is 0 Å². The molecule has 1 aromatic carbocycles. The SMILES string of the molecule is O=C1CC(O)CN1c1cc([N+](=O)[O-])ccc1O. The Morgan fingerprint density at radius 2 is 2.18 bits per heavy atom. The molecule has 0 bridgehead atoms. The van der Waals surface area contributed by atoms with Gasteiger partial charge in [0.05, 0.1) is 29.7 Å². The van der Waals surface area contributed by atoms with E-state index in [2.05, 4.69) is 0 Å². The third-order valence-electron chi connectivity index (χ3n) is 2.57. The maximum Gasteiger partial charge on any atom is 0.271 e. The standard InChI is InChI=1S/C10H10N2O5/c13-7-4-10(15)11(5-7)8-3-6(12(16)17)1-2-9(8)14/h1-3,7,13-14H,4-5H2. The number of β-amino-alcohol motifs (C(OH)–C–C–N with tert-alkyl or cyclic N) is 1. The summed E-state index contributed by atoms with van der Waals surface area (Å²) in [5, 5.41) is 29.5. The highest BCUT2D eigenvalue weighted by atomic mass is 16.6. The minimum atomic E-state index is -0.804. The lowest BCUT2D eigenvalue weighted by atomic mass is 10.2. The van der Waals surface area contributed by atoms with Crippen LogP contribution in [0.5, 0.6) is 5.75 Å². The second kappa shape index (κ2) is 4.02. The number of rotatable bonds is 2. The Morgan fingerprint density at radius 3 is 2.71 bits per heavy atom. The summed E-state index contributed by atoms with van der Waals surface area (Å²) in [5.41, 5.74) is -0.160. The van der Waals surface area contributed by atoms with Crippen LogP contribution in [0.25, 0.3) is 0 Å². The van der Waals surface area contributed by atoms with Crippen LogP contribution < -0.4 is 4.90 Å². The van der Waals surface area contributed by atoms with Crippen molar-refractivity contribution >= 4 is 17.3 Å². The van der Waals surface area contributed by atoms with Gasteiger partial charge in [-0.15, -0.1) is 0 Å². The van der Waals surface area contributed by atoms with Gasteiger partial charge in [0.1, 0.15) is 5.75 Å². The average Bonchev–Trinajstić information content (AvgIpc) is 2.58. The van der Waals surface area contributed by atoms with Gasteiger partial charge in [0, 0.05) is 12.1 Å². The van der Waals surface area contributed by atoms with Crippen molar-refractivity contribution in [3.8, 4) is 5.75 Å². The quantitative estimate of drug-likeness (QED) is 0.573. The monoisotopic (exact) mass is 238 g/mol. The fourth-order valence-electron chi connectivity index (χ4n) is 1.76. The first-order chi connectivity index (χ1) is 7.99. The molecular formula is C10H10N2O5. The Labute approximate surface area is 96.0 Å². The summed E-state index contributed by atoms with van der Waals surface area (Å²) in [4.78, 5) is 22.6. The molecule has 0 aliphatic carbocycles. The lowest BCUT2D eigenvalue weighted by Gasteiger charge is -2.16. The normalized spacial score (nSPS) is 19.7. The van der Waals surface area contributed by atoms with Crippen LogP contribution in [-0.4, -0.2) is 33.7 Å². The molecule has 1 heterocycles. The molecule has 17 heavy (non-hydrogen) atoms. The van der Waals surface area contributed by atoms with E-state index in [1.807, 2.05) is 0 Å². The third kappa shape index (κ3) is 2.04. The van der Waals surface area contributed by atoms with Gasteiger partial charge in [0.25, 0.3) is 5.69 Å². The molecule has 0 radical (unpaired) electrons. The molecule has 1 aromatic rings. The lowest BCUT2D eigenvalue weighted by molar-refractivity contribution is -0.384. The summed E-state index contributed by atoms with van der Waals surface area (Å²) in [6.45, 7) is 0.0353. The zero-order valence-electron chi connectivity index (χ0n) is 8.74. The summed E-state index contributed by atoms with van der Waals surface area (Å²) in [7, 11) is 0. The molecule has 1 atom stereocenters. The van der Waals surface area contributed by atoms with E-state index in [-0.39, 0.29) is 36.0 Å². The van der Waals surface area contributed by atoms with Gasteiger partial charge in [0.15, 0.2) is 0 Å². The number of hydrogen-bond donors (Lipinski definition) is 2. The summed E-state index contributed by atoms with van der Waals surface area (Å²) in [6, 6.07) is 3.42. The molecule has 0 aromatic heterocycles. The average molecular weight is 238 g/mol. The first-order valence-electron chi connectivity index (χ1n) is 4.95. The first kappa shape index (κ1) is 11.3. The van der Waals surface area contributed by atoms with Crippen molar-refractivity contribution in [1.82, 2.24) is 0 Å². The second-order valence-electron chi connectivity index (χ2n) is 3.79. The zero-order valence-corrected chi connectivity index (χ0v) is 8.74. The molecule has 1 aliphatic rings. The van der Waals surface area contributed by atoms with Crippen molar-refractivity contribution in [3.63, 3.8) is 0 Å². The van der Waals surface area contributed by atoms with Crippen molar-refractivity contribution in [2.75, 3.05) is 11.4 Å². The molecule has 1 saturated heterocycles. The number of phenolic OH excluding ortho intramolecular Hbond substituents is 1. The van der Waals surface area contributed by atoms with E-state index in [4.69, 9.17) is 0 Å². The van der Waals surface area contributed by atoms with Crippen LogP contribution in [0.3, 0.4) is 0 Å². The largest absolute Gasteiger partial charge is 0.506 e. The molecule has 0 spiro atoms. The van der Waals surface area contributed by atoms with Gasteiger partial charge in [-0.05, 0) is 6.07 Å². The number of nitro groups is 1. The fraction of sp³-hybridized carbons (Fsp3) is 0.300. The third-order valence-corrected chi connectivity index (χ3v) is 2.57. The van der Waals surface area contributed by atoms with Gasteiger partial charge in [-0.3, -0.25) is 14.9 Å². The molecule has 7 nitrogen and oxygen atoms in total. The fourth-order valence-corrected chi connectivity index (χ4v) is 1.76. The molecule has 0 saturated carbocycles. The van der Waals surface area contributed by atoms with Crippen LogP contribution in [0.15, 0.2) is 18.2 Å². The number of amides is 1. The number of benzene rings is 1. The molecule has 1 aliphatic heterocycles. The lowest BCUT2D eigenvalue weighted by Crippen LogP contribution is -2.25. The molecule has 90 valence electrons. The number of nitro benzene ring substituents is 1. The van der Waals surface area contributed by atoms with E-state index < -0.39 is 11.0 Å². The zero-order chi connectivity index (χ0) is 12.6. The van der Waals surface area contributed by atoms with Gasteiger partial charge in [0.2, 0.25) is 5.91 Å². The maximum atomic E-state index is 11.5. The molecule has 1 unspecified atom stereocenters. The number of aliphatic hydroxyl groups excluding tert-OH is 1. The van der Waals surface area contributed by atoms with Crippen molar-refractivity contribution in [2.45, 2.75) is 12.5 Å². The van der Waals surface area contributed by atoms with E-state index in [1.165, 1.54) is 0 Å². The number of non-ortho nitro benzene ring substituents is 1. The second-order valence-corrected chi connectivity index (χ2v) is 3.79. The number of aromatic hydroxyl groups is 1. The van der Waals surface area contributed by atoms with Gasteiger partial charge >= 0.3 is 0 Å². The Hall–Kier alpha value is -2.15. The van der Waals surface area contributed by atoms with Crippen LogP contribution in [-0.2, 0) is 4.79 Å². The first-order valence-corrected chi connectivity index (χ1v) is 4.95. The molecule has 1 fully saturated rings. The highest BCUT2D eigenvalue weighted by Gasteiger charge is 2.31. The van der Waals surface area contributed by atoms with Crippen molar-refractivity contribution in [1.29, 1.82) is 0 Å². The van der Waals surface area contributed by atoms with Gasteiger partial charge in [-0.2, -0.15) is 0 Å². The number of nitrogens with zero attached hydrogens (tertiary/aromatic N) is 2. The summed E-state index contributed by atoms with van der Waals surface area (Å²) >= 11 is 0. The van der Waals surface area contributed by atoms with Crippen molar-refractivity contribution in [2.24, 2.45) is 0 Å². The summed E-state index contributed by atoms with van der Waals surface area (Å²) in [6.07, 6.45) is -0.844. The van der Waals surface area contributed by atoms with E-state index in [0.717, 1.165) is 23.1 Å². The molecular weight excluding hydrogens is 228 g/mol. The molecule has 1 amide bonds. The smallest absolute Gasteiger partial charge is 0.271 e. The van der Waals surface area contributed by atoms with Crippen LogP contribution in [0, 0.1) is 10.1 Å².